The molecule has 0 radical (unpaired) electrons. The predicted octanol–water partition coefficient (Wildman–Crippen LogP) is 36.5. The van der Waals surface area contributed by atoms with Gasteiger partial charge in [0.1, 0.15) is 28.6 Å². The van der Waals surface area contributed by atoms with Gasteiger partial charge in [-0.05, 0) is 258 Å². The summed E-state index contributed by atoms with van der Waals surface area (Å²) in [5, 5.41) is 34.4. The van der Waals surface area contributed by atoms with Gasteiger partial charge < -0.3 is 4.42 Å². The lowest BCUT2D eigenvalue weighted by molar-refractivity contribution is 0.669. The summed E-state index contributed by atoms with van der Waals surface area (Å²) < 4.78 is 13.3. The SMILES string of the molecule is c1ccc(-c2cccc3c2c2cc4ccccc4cc2n3-c2nc(-c3ccc4c5ccccc5c5ccccc5c4c3)nc3ccccc23)cc1.c1ccc(-c2cccc3c2c2cc4ccccc4cc2n3-c2nc(-c3cccc4oc5ccccc5c34)nc3ccccc23)cc1.c1ccc2cc(-c3ccc4c(c3)c3cc5ccccc5cc3n4-c3nc(-c4ccc5c(ccc6ccccc65)c4)nc4ccccc34)ccc2c1. The first kappa shape index (κ1) is 83.8. The molecule has 686 valence electrons. The van der Waals surface area contributed by atoms with Gasteiger partial charge in [0.05, 0.1) is 49.7 Å². The van der Waals surface area contributed by atoms with E-state index >= 15 is 0 Å². The summed E-state index contributed by atoms with van der Waals surface area (Å²) in [5.74, 6) is 4.69. The third-order valence-electron chi connectivity index (χ3n) is 30.2. The molecule has 25 aromatic carbocycles. The van der Waals surface area contributed by atoms with Crippen molar-refractivity contribution >= 4 is 217 Å². The van der Waals surface area contributed by atoms with Gasteiger partial charge in [-0.1, -0.05) is 376 Å². The molecule has 7 aromatic heterocycles. The van der Waals surface area contributed by atoms with Gasteiger partial charge in [-0.2, -0.15) is 0 Å². The molecular weight excluding hydrogens is 1800 g/mol. The van der Waals surface area contributed by atoms with Crippen LogP contribution in [0.25, 0.3) is 302 Å². The Kier molecular flexibility index (Phi) is 19.2. The molecule has 32 aromatic rings. The molecule has 0 amide bonds. The van der Waals surface area contributed by atoms with Crippen LogP contribution >= 0.6 is 0 Å². The average molecular weight is 1880 g/mol. The molecule has 32 rings (SSSR count). The summed E-state index contributed by atoms with van der Waals surface area (Å²) in [5.41, 5.74) is 21.2. The molecule has 0 bridgehead atoms. The van der Waals surface area contributed by atoms with Crippen molar-refractivity contribution in [1.82, 2.24) is 43.6 Å². The van der Waals surface area contributed by atoms with Gasteiger partial charge in [0.25, 0.3) is 0 Å². The highest BCUT2D eigenvalue weighted by molar-refractivity contribution is 6.27. The van der Waals surface area contributed by atoms with E-state index in [1.807, 2.05) is 36.4 Å². The Morgan fingerprint density at radius 3 is 1.02 bits per heavy atom. The summed E-state index contributed by atoms with van der Waals surface area (Å²) in [6, 6.07) is 180. The van der Waals surface area contributed by atoms with E-state index in [-0.39, 0.29) is 0 Å². The second-order valence-corrected chi connectivity index (χ2v) is 38.6. The maximum atomic E-state index is 6.26. The molecule has 0 unspecified atom stereocenters. The largest absolute Gasteiger partial charge is 0.456 e. The molecule has 0 aliphatic rings. The van der Waals surface area contributed by atoms with Crippen LogP contribution < -0.4 is 0 Å². The molecule has 0 saturated carbocycles. The maximum Gasteiger partial charge on any atom is 0.162 e. The summed E-state index contributed by atoms with van der Waals surface area (Å²) in [6.45, 7) is 0. The number of aromatic nitrogens is 9. The van der Waals surface area contributed by atoms with Crippen molar-refractivity contribution in [2.75, 3.05) is 0 Å². The van der Waals surface area contributed by atoms with Crippen LogP contribution in [0.15, 0.2) is 508 Å². The number of furan rings is 1. The van der Waals surface area contributed by atoms with Gasteiger partial charge in [-0.15, -0.1) is 0 Å². The van der Waals surface area contributed by atoms with E-state index in [1.54, 1.807) is 0 Å². The van der Waals surface area contributed by atoms with E-state index in [4.69, 9.17) is 34.3 Å². The van der Waals surface area contributed by atoms with E-state index in [0.717, 1.165) is 122 Å². The van der Waals surface area contributed by atoms with Crippen LogP contribution in [0.1, 0.15) is 0 Å². The van der Waals surface area contributed by atoms with Crippen molar-refractivity contribution in [2.45, 2.75) is 0 Å². The van der Waals surface area contributed by atoms with Crippen LogP contribution in [0.2, 0.25) is 0 Å². The highest BCUT2D eigenvalue weighted by atomic mass is 16.3. The monoisotopic (exact) mass is 1880 g/mol. The van der Waals surface area contributed by atoms with Gasteiger partial charge in [0, 0.05) is 75.9 Å². The van der Waals surface area contributed by atoms with Gasteiger partial charge in [-0.25, -0.2) is 29.9 Å². The van der Waals surface area contributed by atoms with Crippen molar-refractivity contribution < 1.29 is 4.42 Å². The first-order chi connectivity index (χ1) is 73.4. The zero-order chi connectivity index (χ0) is 97.1. The molecule has 0 atom stereocenters. The Balaban J connectivity index is 0.000000103. The van der Waals surface area contributed by atoms with E-state index in [1.165, 1.54) is 163 Å². The lowest BCUT2D eigenvalue weighted by Crippen LogP contribution is -2.03. The van der Waals surface area contributed by atoms with Crippen molar-refractivity contribution in [3.63, 3.8) is 0 Å². The quantitative estimate of drug-likeness (QED) is 0.133. The zero-order valence-electron chi connectivity index (χ0n) is 79.9. The Labute approximate surface area is 847 Å². The normalized spacial score (nSPS) is 11.9. The van der Waals surface area contributed by atoms with E-state index in [9.17, 15) is 0 Å². The van der Waals surface area contributed by atoms with Crippen molar-refractivity contribution in [2.24, 2.45) is 0 Å². The molecule has 0 saturated heterocycles. The lowest BCUT2D eigenvalue weighted by Gasteiger charge is -2.14. The molecule has 0 aliphatic heterocycles. The van der Waals surface area contributed by atoms with Crippen LogP contribution in [-0.2, 0) is 0 Å². The fourth-order valence-electron chi connectivity index (χ4n) is 23.4. The molecule has 148 heavy (non-hydrogen) atoms. The third-order valence-corrected chi connectivity index (χ3v) is 30.2. The highest BCUT2D eigenvalue weighted by Crippen LogP contribution is 2.49. The van der Waals surface area contributed by atoms with Gasteiger partial charge in [-0.3, -0.25) is 13.7 Å². The third kappa shape index (κ3) is 13.6. The number of para-hydroxylation sites is 4. The second-order valence-electron chi connectivity index (χ2n) is 38.6. The van der Waals surface area contributed by atoms with Crippen molar-refractivity contribution in [3.05, 3.63) is 504 Å². The van der Waals surface area contributed by atoms with E-state index in [0.29, 0.717) is 17.5 Å². The fraction of sp³-hybridized carbons (Fsp3) is 0. The number of benzene rings is 25. The number of hydrogen-bond acceptors (Lipinski definition) is 7. The first-order valence-electron chi connectivity index (χ1n) is 50.3. The Morgan fingerprint density at radius 1 is 0.142 bits per heavy atom. The zero-order valence-corrected chi connectivity index (χ0v) is 79.9. The Hall–Kier alpha value is -19.9. The number of nitrogens with zero attached hydrogens (tertiary/aromatic N) is 9. The second kappa shape index (κ2) is 33.9. The average Bonchev–Trinajstić information content (AvgIpc) is 1.56. The van der Waals surface area contributed by atoms with Crippen LogP contribution in [0.3, 0.4) is 0 Å². The summed E-state index contributed by atoms with van der Waals surface area (Å²) in [4.78, 5) is 31.9. The first-order valence-corrected chi connectivity index (χ1v) is 50.3. The number of rotatable bonds is 9. The summed E-state index contributed by atoms with van der Waals surface area (Å²) >= 11 is 0. The molecule has 10 heteroatoms. The lowest BCUT2D eigenvalue weighted by atomic mass is 9.93. The van der Waals surface area contributed by atoms with Gasteiger partial charge in [0.15, 0.2) is 17.5 Å². The molecule has 0 N–H and O–H groups in total. The highest BCUT2D eigenvalue weighted by Gasteiger charge is 2.28. The van der Waals surface area contributed by atoms with Crippen LogP contribution in [0.5, 0.6) is 0 Å². The molecule has 10 nitrogen and oxygen atoms in total. The topological polar surface area (TPSA) is 105 Å². The van der Waals surface area contributed by atoms with Crippen molar-refractivity contribution in [3.8, 4) is 85.0 Å². The minimum Gasteiger partial charge on any atom is -0.456 e. The number of hydrogen-bond donors (Lipinski definition) is 0. The molecule has 0 fully saturated rings. The smallest absolute Gasteiger partial charge is 0.162 e. The minimum absolute atomic E-state index is 0.667. The van der Waals surface area contributed by atoms with E-state index < -0.39 is 0 Å². The summed E-state index contributed by atoms with van der Waals surface area (Å²) in [6.07, 6.45) is 0. The van der Waals surface area contributed by atoms with E-state index in [2.05, 4.69) is 481 Å². The standard InChI is InChI=1S/2C48H29N3.C42H25N3O/c1-2-11-32-25-35(19-17-30(32)9-1)36-22-24-45-42(28-36)43-27-33-12-3-4-13-34(33)29-46(43)51(45)48-41-15-7-8-16-44(41)49-47(50-48)38-21-23-40-37(26-38)20-18-31-10-5-6-14-39(31)40;1-2-13-30(14-3-1)34-22-12-24-44-46(34)42-27-31-15-4-5-16-32(31)29-45(42)51(44)48-40-21-10-11-23-43(40)49-47(50-48)33-25-26-39-37-19-7-6-17-35(37)36-18-8-9-20-38(36)41(39)28-33;1-2-12-26(13-3-1)29-18-10-21-35-39(29)33-24-27-14-4-5-15-28(27)25-36(33)45(35)42-30-16-6-8-20-34(30)43-41(44-42)32-19-11-23-38-40(32)31-17-7-9-22-37(31)46-38/h2*1-29H;1-25H. The Bertz CT molecular complexity index is 11200. The number of fused-ring (bicyclic) bond motifs is 28. The molecule has 7 heterocycles. The minimum atomic E-state index is 0.667. The predicted molar refractivity (Wildman–Crippen MR) is 619 cm³/mol. The van der Waals surface area contributed by atoms with Gasteiger partial charge >= 0.3 is 0 Å². The molecule has 0 spiro atoms. The van der Waals surface area contributed by atoms with Crippen molar-refractivity contribution in [1.29, 1.82) is 0 Å². The summed E-state index contributed by atoms with van der Waals surface area (Å²) in [7, 11) is 0. The Morgan fingerprint density at radius 2 is 0.473 bits per heavy atom. The molecule has 0 aliphatic carbocycles. The fourth-order valence-corrected chi connectivity index (χ4v) is 23.4. The maximum absolute atomic E-state index is 6.26. The van der Waals surface area contributed by atoms with Crippen LogP contribution in [0, 0.1) is 0 Å². The molecular formula is C138H83N9O. The van der Waals surface area contributed by atoms with Gasteiger partial charge in [0.2, 0.25) is 0 Å². The van der Waals surface area contributed by atoms with Crippen LogP contribution in [-0.4, -0.2) is 43.6 Å². The van der Waals surface area contributed by atoms with Crippen LogP contribution in [0.4, 0.5) is 0 Å².